The van der Waals surface area contributed by atoms with Gasteiger partial charge in [-0.25, -0.2) is 4.98 Å². The van der Waals surface area contributed by atoms with Crippen LogP contribution in [0.5, 0.6) is 5.88 Å². The van der Waals surface area contributed by atoms with Crippen molar-refractivity contribution < 1.29 is 4.74 Å². The molecule has 2 aromatic rings. The van der Waals surface area contributed by atoms with Crippen LogP contribution in [0.2, 0.25) is 5.15 Å². The summed E-state index contributed by atoms with van der Waals surface area (Å²) in [6.45, 7) is 1.84. The molecule has 2 rings (SSSR count). The summed E-state index contributed by atoms with van der Waals surface area (Å²) in [6.07, 6.45) is 0. The second-order valence-electron chi connectivity index (χ2n) is 3.32. The summed E-state index contributed by atoms with van der Waals surface area (Å²) in [5.74, 6) is 0.463. The molecule has 16 heavy (non-hydrogen) atoms. The molecule has 0 aliphatic carbocycles. The first-order valence-corrected chi connectivity index (χ1v) is 5.23. The Kier molecular flexibility index (Phi) is 3.06. The van der Waals surface area contributed by atoms with Crippen molar-refractivity contribution in [3.8, 4) is 17.1 Å². The van der Waals surface area contributed by atoms with Gasteiger partial charge in [-0.2, -0.15) is 4.98 Å². The fourth-order valence-corrected chi connectivity index (χ4v) is 1.69. The van der Waals surface area contributed by atoms with Gasteiger partial charge in [0.25, 0.3) is 0 Å². The quantitative estimate of drug-likeness (QED) is 0.801. The minimum atomic E-state index is 0.355. The van der Waals surface area contributed by atoms with Crippen LogP contribution in [0, 0.1) is 6.92 Å². The molecule has 0 atom stereocenters. The molecule has 0 aliphatic heterocycles. The van der Waals surface area contributed by atoms with Gasteiger partial charge in [-0.1, -0.05) is 41.9 Å². The highest BCUT2D eigenvalue weighted by Gasteiger charge is 2.11. The van der Waals surface area contributed by atoms with E-state index in [9.17, 15) is 0 Å². The first-order valence-electron chi connectivity index (χ1n) is 4.86. The fraction of sp³-hybridized carbons (Fsp3) is 0.167. The lowest BCUT2D eigenvalue weighted by Crippen LogP contribution is -1.97. The summed E-state index contributed by atoms with van der Waals surface area (Å²) >= 11 is 6.06. The summed E-state index contributed by atoms with van der Waals surface area (Å²) in [5.41, 5.74) is 2.36. The Labute approximate surface area is 99.1 Å². The number of halogens is 1. The van der Waals surface area contributed by atoms with E-state index in [0.717, 1.165) is 11.3 Å². The normalized spacial score (nSPS) is 10.2. The first kappa shape index (κ1) is 10.9. The second-order valence-corrected chi connectivity index (χ2v) is 3.68. The number of benzene rings is 1. The maximum absolute atomic E-state index is 6.06. The minimum Gasteiger partial charge on any atom is -0.480 e. The zero-order chi connectivity index (χ0) is 11.5. The van der Waals surface area contributed by atoms with Gasteiger partial charge in [-0.15, -0.1) is 0 Å². The lowest BCUT2D eigenvalue weighted by molar-refractivity contribution is 0.392. The molecule has 3 nitrogen and oxygen atoms in total. The molecule has 0 aliphatic rings. The van der Waals surface area contributed by atoms with E-state index in [1.807, 2.05) is 37.3 Å². The summed E-state index contributed by atoms with van der Waals surface area (Å²) < 4.78 is 5.06. The van der Waals surface area contributed by atoms with Crippen LogP contribution in [0.1, 0.15) is 5.69 Å². The SMILES string of the molecule is COc1nc(Cl)c(-c2ccccc2)nc1C. The monoisotopic (exact) mass is 234 g/mol. The minimum absolute atomic E-state index is 0.355. The third-order valence-corrected chi connectivity index (χ3v) is 2.49. The molecule has 82 valence electrons. The molecule has 1 aromatic carbocycles. The number of methoxy groups -OCH3 is 1. The van der Waals surface area contributed by atoms with Crippen LogP contribution < -0.4 is 4.74 Å². The standard InChI is InChI=1S/C12H11ClN2O/c1-8-12(16-2)15-11(13)10(14-8)9-6-4-3-5-7-9/h3-7H,1-2H3. The second kappa shape index (κ2) is 4.49. The van der Waals surface area contributed by atoms with Crippen LogP contribution in [0.4, 0.5) is 0 Å². The maximum Gasteiger partial charge on any atom is 0.236 e. The van der Waals surface area contributed by atoms with E-state index >= 15 is 0 Å². The molecule has 0 radical (unpaired) electrons. The van der Waals surface area contributed by atoms with Gasteiger partial charge in [0.2, 0.25) is 5.88 Å². The summed E-state index contributed by atoms with van der Waals surface area (Å²) in [4.78, 5) is 8.54. The number of aromatic nitrogens is 2. The Morgan fingerprint density at radius 3 is 2.44 bits per heavy atom. The zero-order valence-electron chi connectivity index (χ0n) is 9.07. The Bertz CT molecular complexity index is 500. The van der Waals surface area contributed by atoms with Crippen molar-refractivity contribution in [3.05, 3.63) is 41.2 Å². The van der Waals surface area contributed by atoms with E-state index in [-0.39, 0.29) is 0 Å². The molecule has 0 unspecified atom stereocenters. The highest BCUT2D eigenvalue weighted by molar-refractivity contribution is 6.31. The van der Waals surface area contributed by atoms with Crippen molar-refractivity contribution in [2.45, 2.75) is 6.92 Å². The number of rotatable bonds is 2. The van der Waals surface area contributed by atoms with Crippen LogP contribution in [0.15, 0.2) is 30.3 Å². The first-order chi connectivity index (χ1) is 7.72. The summed E-state index contributed by atoms with van der Waals surface area (Å²) in [6, 6.07) is 9.71. The molecule has 0 bridgehead atoms. The third-order valence-electron chi connectivity index (χ3n) is 2.22. The van der Waals surface area contributed by atoms with Crippen LogP contribution >= 0.6 is 11.6 Å². The van der Waals surface area contributed by atoms with Gasteiger partial charge < -0.3 is 4.74 Å². The number of aryl methyl sites for hydroxylation is 1. The summed E-state index contributed by atoms with van der Waals surface area (Å²) in [7, 11) is 1.55. The van der Waals surface area contributed by atoms with Crippen LogP contribution in [0.3, 0.4) is 0 Å². The molecule has 0 fully saturated rings. The number of hydrogen-bond acceptors (Lipinski definition) is 3. The smallest absolute Gasteiger partial charge is 0.236 e. The highest BCUT2D eigenvalue weighted by atomic mass is 35.5. The van der Waals surface area contributed by atoms with Crippen molar-refractivity contribution >= 4 is 11.6 Å². The molecular formula is C12H11ClN2O. The Morgan fingerprint density at radius 2 is 1.81 bits per heavy atom. The molecular weight excluding hydrogens is 224 g/mol. The van der Waals surface area contributed by atoms with E-state index in [1.165, 1.54) is 0 Å². The zero-order valence-corrected chi connectivity index (χ0v) is 9.82. The van der Waals surface area contributed by atoms with E-state index in [4.69, 9.17) is 16.3 Å². The fourth-order valence-electron chi connectivity index (χ4n) is 1.46. The number of nitrogens with zero attached hydrogens (tertiary/aromatic N) is 2. The van der Waals surface area contributed by atoms with Gasteiger partial charge in [-0.3, -0.25) is 0 Å². The van der Waals surface area contributed by atoms with Gasteiger partial charge in [0, 0.05) is 5.56 Å². The van der Waals surface area contributed by atoms with Gasteiger partial charge in [0.1, 0.15) is 11.4 Å². The van der Waals surface area contributed by atoms with Gasteiger partial charge in [0.05, 0.1) is 7.11 Å². The van der Waals surface area contributed by atoms with E-state index < -0.39 is 0 Å². The lowest BCUT2D eigenvalue weighted by atomic mass is 10.1. The van der Waals surface area contributed by atoms with Crippen molar-refractivity contribution in [2.75, 3.05) is 7.11 Å². The topological polar surface area (TPSA) is 35.0 Å². The van der Waals surface area contributed by atoms with Crippen molar-refractivity contribution in [1.29, 1.82) is 0 Å². The average Bonchev–Trinajstić information content (AvgIpc) is 2.32. The largest absolute Gasteiger partial charge is 0.480 e. The molecule has 0 spiro atoms. The molecule has 1 aromatic heterocycles. The number of ether oxygens (including phenoxy) is 1. The predicted octanol–water partition coefficient (Wildman–Crippen LogP) is 3.11. The van der Waals surface area contributed by atoms with Gasteiger partial charge >= 0.3 is 0 Å². The Hall–Kier alpha value is -1.61. The average molecular weight is 235 g/mol. The molecule has 0 saturated carbocycles. The maximum atomic E-state index is 6.06. The van der Waals surface area contributed by atoms with E-state index in [2.05, 4.69) is 9.97 Å². The van der Waals surface area contributed by atoms with E-state index in [0.29, 0.717) is 16.7 Å². The molecule has 0 amide bonds. The van der Waals surface area contributed by atoms with Crippen LogP contribution in [-0.2, 0) is 0 Å². The predicted molar refractivity (Wildman–Crippen MR) is 63.8 cm³/mol. The van der Waals surface area contributed by atoms with Crippen LogP contribution in [0.25, 0.3) is 11.3 Å². The van der Waals surface area contributed by atoms with Crippen molar-refractivity contribution in [1.82, 2.24) is 9.97 Å². The lowest BCUT2D eigenvalue weighted by Gasteiger charge is -2.07. The molecule has 0 N–H and O–H groups in total. The van der Waals surface area contributed by atoms with Crippen LogP contribution in [-0.4, -0.2) is 17.1 Å². The third kappa shape index (κ3) is 1.99. The highest BCUT2D eigenvalue weighted by Crippen LogP contribution is 2.27. The number of hydrogen-bond donors (Lipinski definition) is 0. The van der Waals surface area contributed by atoms with Gasteiger partial charge in [0.15, 0.2) is 5.15 Å². The van der Waals surface area contributed by atoms with Crippen molar-refractivity contribution in [3.63, 3.8) is 0 Å². The summed E-state index contributed by atoms with van der Waals surface area (Å²) in [5, 5.41) is 0.355. The van der Waals surface area contributed by atoms with E-state index in [1.54, 1.807) is 7.11 Å². The molecule has 4 heteroatoms. The van der Waals surface area contributed by atoms with Crippen molar-refractivity contribution in [2.24, 2.45) is 0 Å². The van der Waals surface area contributed by atoms with Gasteiger partial charge in [-0.05, 0) is 6.92 Å². The molecule has 0 saturated heterocycles. The molecule has 1 heterocycles. The Morgan fingerprint density at radius 1 is 1.12 bits per heavy atom. The Balaban J connectivity index is 2.55.